The molecule has 0 saturated carbocycles. The summed E-state index contributed by atoms with van der Waals surface area (Å²) in [7, 11) is 1.66. The molecule has 6 heteroatoms. The second-order valence-electron chi connectivity index (χ2n) is 7.66. The van der Waals surface area contributed by atoms with Gasteiger partial charge in [-0.05, 0) is 60.5 Å². The molecule has 31 heavy (non-hydrogen) atoms. The smallest absolute Gasteiger partial charge is 0.319 e. The Balaban J connectivity index is 1.51. The number of halogens is 1. The van der Waals surface area contributed by atoms with Crippen molar-refractivity contribution in [3.8, 4) is 5.75 Å². The molecule has 3 aromatic carbocycles. The number of nitrogens with zero attached hydrogens (tertiary/aromatic N) is 1. The van der Waals surface area contributed by atoms with Crippen LogP contribution in [0.4, 0.5) is 16.2 Å². The highest BCUT2D eigenvalue weighted by Crippen LogP contribution is 2.31. The molecule has 0 spiro atoms. The third-order valence-corrected chi connectivity index (χ3v) is 5.95. The summed E-state index contributed by atoms with van der Waals surface area (Å²) in [5.41, 5.74) is 3.09. The fourth-order valence-corrected chi connectivity index (χ4v) is 4.18. The minimum Gasteiger partial charge on any atom is -0.497 e. The van der Waals surface area contributed by atoms with Gasteiger partial charge < -0.3 is 20.3 Å². The van der Waals surface area contributed by atoms with E-state index in [9.17, 15) is 4.79 Å². The Morgan fingerprint density at radius 3 is 2.39 bits per heavy atom. The highest BCUT2D eigenvalue weighted by Gasteiger charge is 2.31. The molecule has 1 aliphatic rings. The number of rotatable bonds is 5. The molecule has 5 nitrogen and oxygen atoms in total. The van der Waals surface area contributed by atoms with E-state index in [-0.39, 0.29) is 18.0 Å². The predicted molar refractivity (Wildman–Crippen MR) is 126 cm³/mol. The Bertz CT molecular complexity index is 994. The summed E-state index contributed by atoms with van der Waals surface area (Å²) in [5, 5.41) is 6.74. The van der Waals surface area contributed by atoms with Crippen molar-refractivity contribution in [3.63, 3.8) is 0 Å². The van der Waals surface area contributed by atoms with E-state index in [2.05, 4.69) is 51.9 Å². The minimum absolute atomic E-state index is 0.0145. The average molecular weight is 436 g/mol. The van der Waals surface area contributed by atoms with Gasteiger partial charge in [-0.3, -0.25) is 0 Å². The maximum Gasteiger partial charge on any atom is 0.319 e. The molecule has 0 radical (unpaired) electrons. The van der Waals surface area contributed by atoms with Crippen LogP contribution >= 0.6 is 11.6 Å². The maximum absolute atomic E-state index is 12.7. The zero-order valence-electron chi connectivity index (χ0n) is 17.4. The predicted octanol–water partition coefficient (Wildman–Crippen LogP) is 5.53. The zero-order chi connectivity index (χ0) is 21.6. The van der Waals surface area contributed by atoms with Gasteiger partial charge in [0.05, 0.1) is 7.11 Å². The summed E-state index contributed by atoms with van der Waals surface area (Å²) in [4.78, 5) is 15.1. The van der Waals surface area contributed by atoms with Crippen LogP contribution in [0.5, 0.6) is 5.75 Å². The number of hydrogen-bond acceptors (Lipinski definition) is 3. The number of anilines is 2. The van der Waals surface area contributed by atoms with Crippen LogP contribution in [0.15, 0.2) is 78.9 Å². The highest BCUT2D eigenvalue weighted by molar-refractivity contribution is 6.30. The Morgan fingerprint density at radius 2 is 1.71 bits per heavy atom. The van der Waals surface area contributed by atoms with Crippen molar-refractivity contribution in [2.75, 3.05) is 30.4 Å². The minimum atomic E-state index is -0.209. The molecule has 0 aromatic heterocycles. The summed E-state index contributed by atoms with van der Waals surface area (Å²) in [6, 6.07) is 25.4. The lowest BCUT2D eigenvalue weighted by Gasteiger charge is -2.40. The quantitative estimate of drug-likeness (QED) is 0.553. The van der Waals surface area contributed by atoms with E-state index in [1.807, 2.05) is 18.2 Å². The van der Waals surface area contributed by atoms with E-state index in [1.165, 1.54) is 11.3 Å². The first-order valence-corrected chi connectivity index (χ1v) is 10.8. The summed E-state index contributed by atoms with van der Waals surface area (Å²) in [6.07, 6.45) is 0.847. The van der Waals surface area contributed by atoms with Crippen LogP contribution in [-0.4, -0.2) is 32.3 Å². The first-order valence-electron chi connectivity index (χ1n) is 10.4. The van der Waals surface area contributed by atoms with E-state index in [1.54, 1.807) is 31.4 Å². The molecule has 2 N–H and O–H groups in total. The van der Waals surface area contributed by atoms with Gasteiger partial charge in [-0.15, -0.1) is 0 Å². The number of nitrogens with one attached hydrogen (secondary N) is 2. The van der Waals surface area contributed by atoms with Gasteiger partial charge in [-0.2, -0.15) is 0 Å². The van der Waals surface area contributed by atoms with Gasteiger partial charge in [-0.25, -0.2) is 4.79 Å². The average Bonchev–Trinajstić information content (AvgIpc) is 2.81. The molecule has 0 aliphatic carbocycles. The molecule has 1 fully saturated rings. The van der Waals surface area contributed by atoms with E-state index in [4.69, 9.17) is 16.3 Å². The number of ether oxygens (including phenoxy) is 1. The van der Waals surface area contributed by atoms with Crippen LogP contribution < -0.4 is 20.3 Å². The van der Waals surface area contributed by atoms with Gasteiger partial charge in [0.2, 0.25) is 0 Å². The molecular weight excluding hydrogens is 410 g/mol. The molecule has 1 aliphatic heterocycles. The first-order chi connectivity index (χ1) is 15.1. The Labute approximate surface area is 188 Å². The second-order valence-corrected chi connectivity index (χ2v) is 8.10. The van der Waals surface area contributed by atoms with Crippen molar-refractivity contribution < 1.29 is 9.53 Å². The van der Waals surface area contributed by atoms with Crippen LogP contribution in [0.25, 0.3) is 0 Å². The van der Waals surface area contributed by atoms with E-state index < -0.39 is 0 Å². The molecule has 3 aromatic rings. The SMILES string of the molecule is COc1ccc(C2CN(c3ccccc3)CCC2NC(=O)Nc2ccc(Cl)cc2)cc1. The Kier molecular flexibility index (Phi) is 6.63. The molecule has 4 rings (SSSR count). The largest absolute Gasteiger partial charge is 0.497 e. The molecule has 1 saturated heterocycles. The number of carbonyl (C=O) groups excluding carboxylic acids is 1. The first kappa shape index (κ1) is 21.1. The molecular formula is C25H26ClN3O2. The van der Waals surface area contributed by atoms with Crippen LogP contribution in [0.2, 0.25) is 5.02 Å². The standard InChI is InChI=1S/C25H26ClN3O2/c1-31-22-13-7-18(8-14-22)23-17-29(21-5-3-2-4-6-21)16-15-24(23)28-25(30)27-20-11-9-19(26)10-12-20/h2-14,23-24H,15-17H2,1H3,(H2,27,28,30). The number of amides is 2. The summed E-state index contributed by atoms with van der Waals surface area (Å²) >= 11 is 5.93. The lowest BCUT2D eigenvalue weighted by Crippen LogP contribution is -2.50. The number of para-hydroxylation sites is 1. The Hall–Kier alpha value is -3.18. The van der Waals surface area contributed by atoms with Crippen LogP contribution in [0.3, 0.4) is 0 Å². The number of piperidine rings is 1. The van der Waals surface area contributed by atoms with Crippen molar-refractivity contribution in [2.45, 2.75) is 18.4 Å². The van der Waals surface area contributed by atoms with Crippen LogP contribution in [0, 0.1) is 0 Å². The second kappa shape index (κ2) is 9.75. The van der Waals surface area contributed by atoms with Crippen molar-refractivity contribution in [3.05, 3.63) is 89.4 Å². The molecule has 160 valence electrons. The van der Waals surface area contributed by atoms with Gasteiger partial charge in [0, 0.05) is 41.4 Å². The number of benzene rings is 3. The maximum atomic E-state index is 12.7. The van der Waals surface area contributed by atoms with Crippen molar-refractivity contribution >= 4 is 29.0 Å². The zero-order valence-corrected chi connectivity index (χ0v) is 18.2. The fraction of sp³-hybridized carbons (Fsp3) is 0.240. The third kappa shape index (κ3) is 5.30. The fourth-order valence-electron chi connectivity index (χ4n) is 4.06. The van der Waals surface area contributed by atoms with E-state index in [0.717, 1.165) is 25.3 Å². The monoisotopic (exact) mass is 435 g/mol. The van der Waals surface area contributed by atoms with Crippen molar-refractivity contribution in [2.24, 2.45) is 0 Å². The van der Waals surface area contributed by atoms with Crippen molar-refractivity contribution in [1.29, 1.82) is 0 Å². The normalized spacial score (nSPS) is 18.3. The summed E-state index contributed by atoms with van der Waals surface area (Å²) in [6.45, 7) is 1.70. The number of carbonyl (C=O) groups is 1. The molecule has 2 atom stereocenters. The molecule has 2 unspecified atom stereocenters. The molecule has 1 heterocycles. The number of urea groups is 1. The lowest BCUT2D eigenvalue weighted by molar-refractivity contribution is 0.243. The highest BCUT2D eigenvalue weighted by atomic mass is 35.5. The topological polar surface area (TPSA) is 53.6 Å². The molecule has 2 amide bonds. The summed E-state index contributed by atoms with van der Waals surface area (Å²) in [5.74, 6) is 0.972. The molecule has 0 bridgehead atoms. The number of methoxy groups -OCH3 is 1. The Morgan fingerprint density at radius 1 is 1.00 bits per heavy atom. The lowest BCUT2D eigenvalue weighted by atomic mass is 9.85. The van der Waals surface area contributed by atoms with Gasteiger partial charge in [-0.1, -0.05) is 41.9 Å². The van der Waals surface area contributed by atoms with Gasteiger partial charge >= 0.3 is 6.03 Å². The van der Waals surface area contributed by atoms with Crippen LogP contribution in [-0.2, 0) is 0 Å². The van der Waals surface area contributed by atoms with Gasteiger partial charge in [0.1, 0.15) is 5.75 Å². The van der Waals surface area contributed by atoms with E-state index in [0.29, 0.717) is 10.7 Å². The third-order valence-electron chi connectivity index (χ3n) is 5.70. The number of hydrogen-bond donors (Lipinski definition) is 2. The van der Waals surface area contributed by atoms with Gasteiger partial charge in [0.15, 0.2) is 0 Å². The van der Waals surface area contributed by atoms with Crippen molar-refractivity contribution in [1.82, 2.24) is 5.32 Å². The van der Waals surface area contributed by atoms with E-state index >= 15 is 0 Å². The van der Waals surface area contributed by atoms with Crippen LogP contribution in [0.1, 0.15) is 17.9 Å². The summed E-state index contributed by atoms with van der Waals surface area (Å²) < 4.78 is 5.31. The van der Waals surface area contributed by atoms with Gasteiger partial charge in [0.25, 0.3) is 0 Å².